The van der Waals surface area contributed by atoms with Gasteiger partial charge in [0.2, 0.25) is 11.8 Å². The Balaban J connectivity index is 1.97. The smallest absolute Gasteiger partial charge is 0.406 e. The summed E-state index contributed by atoms with van der Waals surface area (Å²) in [6.07, 6.45) is -0.995. The first-order valence-corrected chi connectivity index (χ1v) is 11.6. The standard InChI is InChI=1S/C26H30N4O6/c1-29-19-11-7-5-9-17(19)25(21(29)31,13-15-27-23(33)35-3)26(14-16-28-24(34)36-4)18-10-6-8-12-20(18)30(2)22(26)32/h5-12H,13-16H2,1-4H3,(H,27,33)(H,28,34). The second-order valence-corrected chi connectivity index (χ2v) is 8.91. The van der Waals surface area contributed by atoms with Crippen LogP contribution in [0.4, 0.5) is 21.0 Å². The van der Waals surface area contributed by atoms with E-state index in [4.69, 9.17) is 9.47 Å². The number of nitrogens with zero attached hydrogens (tertiary/aromatic N) is 2. The Morgan fingerprint density at radius 2 is 1.08 bits per heavy atom. The average Bonchev–Trinajstić information content (AvgIpc) is 3.25. The van der Waals surface area contributed by atoms with E-state index in [1.54, 1.807) is 23.9 Å². The summed E-state index contributed by atoms with van der Waals surface area (Å²) < 4.78 is 9.46. The molecule has 2 heterocycles. The van der Waals surface area contributed by atoms with Gasteiger partial charge in [-0.05, 0) is 36.1 Å². The number of likely N-dealkylation sites (N-methyl/N-ethyl adjacent to an activating group) is 2. The van der Waals surface area contributed by atoms with E-state index in [1.165, 1.54) is 14.2 Å². The molecule has 36 heavy (non-hydrogen) atoms. The van der Waals surface area contributed by atoms with Crippen molar-refractivity contribution >= 4 is 35.4 Å². The van der Waals surface area contributed by atoms with Crippen molar-refractivity contribution in [2.45, 2.75) is 23.7 Å². The highest BCUT2D eigenvalue weighted by molar-refractivity contribution is 6.18. The number of hydrogen-bond donors (Lipinski definition) is 2. The van der Waals surface area contributed by atoms with Crippen LogP contribution >= 0.6 is 0 Å². The van der Waals surface area contributed by atoms with E-state index in [9.17, 15) is 19.2 Å². The zero-order chi connectivity index (χ0) is 26.1. The van der Waals surface area contributed by atoms with E-state index in [0.717, 1.165) is 0 Å². The van der Waals surface area contributed by atoms with Gasteiger partial charge in [-0.25, -0.2) is 9.59 Å². The molecule has 4 rings (SSSR count). The highest BCUT2D eigenvalue weighted by atomic mass is 16.5. The van der Waals surface area contributed by atoms with E-state index in [2.05, 4.69) is 10.6 Å². The number of nitrogens with one attached hydrogen (secondary N) is 2. The van der Waals surface area contributed by atoms with Gasteiger partial charge in [0, 0.05) is 38.6 Å². The van der Waals surface area contributed by atoms with Crippen LogP contribution in [0.15, 0.2) is 48.5 Å². The number of benzene rings is 2. The zero-order valence-corrected chi connectivity index (χ0v) is 20.8. The number of methoxy groups -OCH3 is 2. The second-order valence-electron chi connectivity index (χ2n) is 8.91. The molecule has 0 radical (unpaired) electrons. The maximum Gasteiger partial charge on any atom is 0.406 e. The fourth-order valence-electron chi connectivity index (χ4n) is 5.86. The van der Waals surface area contributed by atoms with Crippen LogP contribution in [0.3, 0.4) is 0 Å². The highest BCUT2D eigenvalue weighted by Gasteiger charge is 2.69. The summed E-state index contributed by atoms with van der Waals surface area (Å²) in [4.78, 5) is 55.6. The number of anilines is 2. The van der Waals surface area contributed by atoms with Crippen LogP contribution in [0, 0.1) is 0 Å². The minimum atomic E-state index is -1.37. The van der Waals surface area contributed by atoms with E-state index in [0.29, 0.717) is 22.5 Å². The third kappa shape index (κ3) is 3.47. The molecule has 2 atom stereocenters. The van der Waals surface area contributed by atoms with E-state index in [1.807, 2.05) is 48.5 Å². The number of amides is 4. The molecule has 0 fully saturated rings. The second kappa shape index (κ2) is 9.52. The molecule has 0 bridgehead atoms. The molecule has 190 valence electrons. The lowest BCUT2D eigenvalue weighted by atomic mass is 9.54. The van der Waals surface area contributed by atoms with Gasteiger partial charge in [-0.3, -0.25) is 9.59 Å². The van der Waals surface area contributed by atoms with Crippen LogP contribution in [0.5, 0.6) is 0 Å². The zero-order valence-electron chi connectivity index (χ0n) is 20.8. The first kappa shape index (κ1) is 25.0. The minimum absolute atomic E-state index is 0.0892. The van der Waals surface area contributed by atoms with Gasteiger partial charge in [0.1, 0.15) is 0 Å². The van der Waals surface area contributed by atoms with Crippen molar-refractivity contribution < 1.29 is 28.7 Å². The Kier molecular flexibility index (Phi) is 6.62. The molecule has 0 saturated heterocycles. The van der Waals surface area contributed by atoms with Crippen LogP contribution in [0.2, 0.25) is 0 Å². The van der Waals surface area contributed by atoms with Crippen LogP contribution in [0.25, 0.3) is 0 Å². The molecule has 2 unspecified atom stereocenters. The number of para-hydroxylation sites is 2. The predicted molar refractivity (Wildman–Crippen MR) is 133 cm³/mol. The molecular weight excluding hydrogens is 464 g/mol. The lowest BCUT2D eigenvalue weighted by Gasteiger charge is -2.44. The third-order valence-electron chi connectivity index (χ3n) is 7.43. The summed E-state index contributed by atoms with van der Waals surface area (Å²) >= 11 is 0. The number of hydrogen-bond acceptors (Lipinski definition) is 6. The van der Waals surface area contributed by atoms with Crippen molar-refractivity contribution in [3.63, 3.8) is 0 Å². The van der Waals surface area contributed by atoms with Gasteiger partial charge in [0.15, 0.2) is 0 Å². The van der Waals surface area contributed by atoms with Crippen LogP contribution < -0.4 is 20.4 Å². The molecule has 0 aliphatic carbocycles. The fourth-order valence-corrected chi connectivity index (χ4v) is 5.86. The molecule has 10 heteroatoms. The fraction of sp³-hybridized carbons (Fsp3) is 0.385. The van der Waals surface area contributed by atoms with Gasteiger partial charge in [0.25, 0.3) is 0 Å². The van der Waals surface area contributed by atoms with Crippen molar-refractivity contribution in [2.24, 2.45) is 0 Å². The maximum atomic E-state index is 14.3. The molecule has 2 N–H and O–H groups in total. The van der Waals surface area contributed by atoms with Gasteiger partial charge < -0.3 is 29.9 Å². The molecule has 0 spiro atoms. The average molecular weight is 495 g/mol. The summed E-state index contributed by atoms with van der Waals surface area (Å²) in [6, 6.07) is 14.8. The Hall–Kier alpha value is -4.08. The summed E-state index contributed by atoms with van der Waals surface area (Å²) in [5.41, 5.74) is 0.0484. The number of carbonyl (C=O) groups is 4. The number of ether oxygens (including phenoxy) is 2. The van der Waals surface area contributed by atoms with Gasteiger partial charge in [-0.2, -0.15) is 0 Å². The highest BCUT2D eigenvalue weighted by Crippen LogP contribution is 2.60. The summed E-state index contributed by atoms with van der Waals surface area (Å²) in [7, 11) is 5.90. The van der Waals surface area contributed by atoms with Crippen molar-refractivity contribution in [1.29, 1.82) is 0 Å². The third-order valence-corrected chi connectivity index (χ3v) is 7.43. The first-order valence-electron chi connectivity index (χ1n) is 11.6. The molecule has 2 aromatic rings. The quantitative estimate of drug-likeness (QED) is 0.610. The van der Waals surface area contributed by atoms with Gasteiger partial charge in [-0.15, -0.1) is 0 Å². The molecule has 0 aromatic heterocycles. The van der Waals surface area contributed by atoms with Crippen molar-refractivity contribution in [3.05, 3.63) is 59.7 Å². The van der Waals surface area contributed by atoms with E-state index >= 15 is 0 Å². The number of fused-ring (bicyclic) bond motifs is 2. The van der Waals surface area contributed by atoms with Crippen molar-refractivity contribution in [1.82, 2.24) is 10.6 Å². The van der Waals surface area contributed by atoms with Crippen LogP contribution in [-0.2, 0) is 29.9 Å². The predicted octanol–water partition coefficient (Wildman–Crippen LogP) is 2.31. The molecular formula is C26H30N4O6. The van der Waals surface area contributed by atoms with Crippen LogP contribution in [0.1, 0.15) is 24.0 Å². The van der Waals surface area contributed by atoms with Crippen molar-refractivity contribution in [3.8, 4) is 0 Å². The Morgan fingerprint density at radius 1 is 0.722 bits per heavy atom. The van der Waals surface area contributed by atoms with E-state index in [-0.39, 0.29) is 37.7 Å². The first-order chi connectivity index (χ1) is 17.3. The van der Waals surface area contributed by atoms with E-state index < -0.39 is 23.0 Å². The van der Waals surface area contributed by atoms with Gasteiger partial charge in [-0.1, -0.05) is 36.4 Å². The number of carbonyl (C=O) groups excluding carboxylic acids is 4. The maximum absolute atomic E-state index is 14.3. The monoisotopic (exact) mass is 494 g/mol. The number of alkyl carbamates (subject to hydrolysis) is 2. The normalized spacial score (nSPS) is 22.2. The molecule has 2 aromatic carbocycles. The topological polar surface area (TPSA) is 117 Å². The Labute approximate surface area is 209 Å². The molecule has 10 nitrogen and oxygen atoms in total. The summed E-state index contributed by atoms with van der Waals surface area (Å²) in [6.45, 7) is 0.178. The lowest BCUT2D eigenvalue weighted by molar-refractivity contribution is -0.135. The Bertz CT molecular complexity index is 1120. The summed E-state index contributed by atoms with van der Waals surface area (Å²) in [5, 5.41) is 5.36. The summed E-state index contributed by atoms with van der Waals surface area (Å²) in [5.74, 6) is -0.515. The molecule has 2 aliphatic heterocycles. The van der Waals surface area contributed by atoms with Crippen molar-refractivity contribution in [2.75, 3.05) is 51.2 Å². The van der Waals surface area contributed by atoms with Crippen LogP contribution in [-0.4, -0.2) is 65.4 Å². The molecule has 0 saturated carbocycles. The SMILES string of the molecule is COC(=O)NCCC1(C2(CCNC(=O)OC)C(=O)N(C)c3ccccc32)C(=O)N(C)c2ccccc21. The Morgan fingerprint density at radius 3 is 1.44 bits per heavy atom. The van der Waals surface area contributed by atoms with Gasteiger partial charge in [0.05, 0.1) is 25.0 Å². The number of rotatable bonds is 7. The molecule has 2 aliphatic rings. The molecule has 4 amide bonds. The lowest BCUT2D eigenvalue weighted by Crippen LogP contribution is -2.61. The minimum Gasteiger partial charge on any atom is -0.453 e. The largest absolute Gasteiger partial charge is 0.453 e. The van der Waals surface area contributed by atoms with Gasteiger partial charge >= 0.3 is 12.2 Å².